The van der Waals surface area contributed by atoms with E-state index in [1.165, 1.54) is 11.3 Å². The molecule has 0 radical (unpaired) electrons. The molecule has 0 spiro atoms. The Morgan fingerprint density at radius 3 is 2.50 bits per heavy atom. The minimum atomic E-state index is 0.365. The number of aryl methyl sites for hydroxylation is 1. The minimum absolute atomic E-state index is 0.365. The van der Waals surface area contributed by atoms with Crippen LogP contribution in [0.15, 0.2) is 48.5 Å². The summed E-state index contributed by atoms with van der Waals surface area (Å²) < 4.78 is 4.54. The second-order valence-electron chi connectivity index (χ2n) is 5.67. The van der Waals surface area contributed by atoms with Gasteiger partial charge < -0.3 is 20.7 Å². The van der Waals surface area contributed by atoms with Gasteiger partial charge in [-0.3, -0.25) is 4.79 Å². The third kappa shape index (κ3) is 5.59. The summed E-state index contributed by atoms with van der Waals surface area (Å²) in [5.74, 6) is 0. The molecule has 1 heterocycles. The summed E-state index contributed by atoms with van der Waals surface area (Å²) in [5.41, 5.74) is 10.1. The molecule has 5 heteroatoms. The van der Waals surface area contributed by atoms with Gasteiger partial charge in [-0.2, -0.15) is 0 Å². The molecule has 128 valence electrons. The second-order valence-corrected chi connectivity index (χ2v) is 5.67. The van der Waals surface area contributed by atoms with Crippen molar-refractivity contribution in [1.82, 2.24) is 5.32 Å². The van der Waals surface area contributed by atoms with Gasteiger partial charge in [-0.05, 0) is 36.2 Å². The molecule has 24 heavy (non-hydrogen) atoms. The zero-order valence-corrected chi connectivity index (χ0v) is 14.1. The third-order valence-corrected chi connectivity index (χ3v) is 3.90. The number of hydrogen-bond donors (Lipinski definition) is 2. The molecule has 3 N–H and O–H groups in total. The van der Waals surface area contributed by atoms with E-state index in [2.05, 4.69) is 34.0 Å². The van der Waals surface area contributed by atoms with Gasteiger partial charge in [-0.1, -0.05) is 30.3 Å². The highest BCUT2D eigenvalue weighted by Gasteiger charge is 2.10. The van der Waals surface area contributed by atoms with Crippen LogP contribution >= 0.6 is 0 Å². The van der Waals surface area contributed by atoms with Crippen molar-refractivity contribution in [2.45, 2.75) is 13.5 Å². The minimum Gasteiger partial charge on any atom is -0.463 e. The van der Waals surface area contributed by atoms with Gasteiger partial charge in [-0.25, -0.2) is 0 Å². The smallest absolute Gasteiger partial charge is 0.293 e. The van der Waals surface area contributed by atoms with Gasteiger partial charge in [0, 0.05) is 37.6 Å². The molecule has 0 atom stereocenters. The number of rotatable bonds is 4. The van der Waals surface area contributed by atoms with Crippen molar-refractivity contribution < 1.29 is 9.53 Å². The van der Waals surface area contributed by atoms with Gasteiger partial charge in [0.2, 0.25) is 0 Å². The molecule has 2 aromatic rings. The highest BCUT2D eigenvalue weighted by atomic mass is 16.5. The van der Waals surface area contributed by atoms with Crippen LogP contribution in [0.2, 0.25) is 0 Å². The molecule has 0 amide bonds. The van der Waals surface area contributed by atoms with E-state index in [0.29, 0.717) is 13.1 Å². The lowest BCUT2D eigenvalue weighted by Crippen LogP contribution is -2.43. The highest BCUT2D eigenvalue weighted by molar-refractivity contribution is 5.58. The maximum Gasteiger partial charge on any atom is 0.293 e. The molecule has 0 bridgehead atoms. The van der Waals surface area contributed by atoms with Gasteiger partial charge in [0.1, 0.15) is 6.61 Å². The molecule has 0 aliphatic carbocycles. The SMILES string of the molecule is Cc1cc(N2CCNCC2)ccc1N.O=COCc1ccccc1. The zero-order chi connectivity index (χ0) is 17.2. The molecular weight excluding hydrogens is 302 g/mol. The number of benzene rings is 2. The van der Waals surface area contributed by atoms with Crippen molar-refractivity contribution in [3.8, 4) is 0 Å². The van der Waals surface area contributed by atoms with E-state index >= 15 is 0 Å². The molecule has 0 aromatic heterocycles. The summed E-state index contributed by atoms with van der Waals surface area (Å²) in [4.78, 5) is 12.1. The lowest BCUT2D eigenvalue weighted by molar-refractivity contribution is -0.129. The normalized spacial score (nSPS) is 13.6. The number of anilines is 2. The van der Waals surface area contributed by atoms with E-state index in [4.69, 9.17) is 5.73 Å². The number of nitrogens with zero attached hydrogens (tertiary/aromatic N) is 1. The Kier molecular flexibility index (Phi) is 7.11. The third-order valence-electron chi connectivity index (χ3n) is 3.90. The number of nitrogens with two attached hydrogens (primary N) is 1. The van der Waals surface area contributed by atoms with Crippen molar-refractivity contribution in [3.63, 3.8) is 0 Å². The number of ether oxygens (including phenoxy) is 1. The van der Waals surface area contributed by atoms with E-state index in [1.54, 1.807) is 0 Å². The monoisotopic (exact) mass is 327 g/mol. The average molecular weight is 327 g/mol. The van der Waals surface area contributed by atoms with Crippen LogP contribution in [0.4, 0.5) is 11.4 Å². The summed E-state index contributed by atoms with van der Waals surface area (Å²) in [5, 5.41) is 3.34. The summed E-state index contributed by atoms with van der Waals surface area (Å²) in [6.45, 7) is 7.19. The number of nitrogens with one attached hydrogen (secondary N) is 1. The zero-order valence-electron chi connectivity index (χ0n) is 14.1. The van der Waals surface area contributed by atoms with Crippen LogP contribution in [0.3, 0.4) is 0 Å². The van der Waals surface area contributed by atoms with Crippen LogP contribution in [-0.2, 0) is 16.1 Å². The van der Waals surface area contributed by atoms with E-state index in [9.17, 15) is 4.79 Å². The molecule has 5 nitrogen and oxygen atoms in total. The summed E-state index contributed by atoms with van der Waals surface area (Å²) in [6, 6.07) is 15.8. The fraction of sp³-hybridized carbons (Fsp3) is 0.316. The van der Waals surface area contributed by atoms with Crippen LogP contribution in [0, 0.1) is 6.92 Å². The first-order valence-electron chi connectivity index (χ1n) is 8.11. The summed E-state index contributed by atoms with van der Waals surface area (Å²) >= 11 is 0. The first-order valence-corrected chi connectivity index (χ1v) is 8.11. The molecule has 1 fully saturated rings. The topological polar surface area (TPSA) is 67.6 Å². The Morgan fingerprint density at radius 1 is 1.17 bits per heavy atom. The number of nitrogen functional groups attached to an aromatic ring is 1. The molecule has 0 unspecified atom stereocenters. The standard InChI is InChI=1S/C11H17N3.C8H8O2/c1-9-8-10(2-3-11(9)12)14-6-4-13-5-7-14;9-7-10-6-8-4-2-1-3-5-8/h2-3,8,13H,4-7,12H2,1H3;1-5,7H,6H2. The molecule has 1 aliphatic rings. The molecule has 1 saturated heterocycles. The van der Waals surface area contributed by atoms with Crippen molar-refractivity contribution in [3.05, 3.63) is 59.7 Å². The Bertz CT molecular complexity index is 626. The molecule has 1 aliphatic heterocycles. The van der Waals surface area contributed by atoms with Crippen molar-refractivity contribution in [2.75, 3.05) is 36.8 Å². The van der Waals surface area contributed by atoms with Crippen LogP contribution < -0.4 is 16.0 Å². The number of hydrogen-bond acceptors (Lipinski definition) is 5. The van der Waals surface area contributed by atoms with Gasteiger partial charge in [-0.15, -0.1) is 0 Å². The number of piperazine rings is 1. The quantitative estimate of drug-likeness (QED) is 0.666. The number of carbonyl (C=O) groups excluding carboxylic acids is 1. The van der Waals surface area contributed by atoms with Crippen LogP contribution in [0.5, 0.6) is 0 Å². The average Bonchev–Trinajstić information content (AvgIpc) is 2.64. The predicted octanol–water partition coefficient (Wildman–Crippen LogP) is 2.35. The largest absolute Gasteiger partial charge is 0.463 e. The van der Waals surface area contributed by atoms with Crippen molar-refractivity contribution >= 4 is 17.8 Å². The van der Waals surface area contributed by atoms with Crippen molar-refractivity contribution in [2.24, 2.45) is 0 Å². The lowest BCUT2D eigenvalue weighted by atomic mass is 10.1. The fourth-order valence-corrected chi connectivity index (χ4v) is 2.48. The van der Waals surface area contributed by atoms with E-state index < -0.39 is 0 Å². The van der Waals surface area contributed by atoms with E-state index in [1.807, 2.05) is 36.4 Å². The molecule has 2 aromatic carbocycles. The summed E-state index contributed by atoms with van der Waals surface area (Å²) in [6.07, 6.45) is 0. The highest BCUT2D eigenvalue weighted by Crippen LogP contribution is 2.20. The molecular formula is C19H25N3O2. The van der Waals surface area contributed by atoms with Crippen LogP contribution in [0.25, 0.3) is 0 Å². The first-order chi connectivity index (χ1) is 11.7. The first kappa shape index (κ1) is 17.8. The van der Waals surface area contributed by atoms with Crippen LogP contribution in [0.1, 0.15) is 11.1 Å². The maximum absolute atomic E-state index is 9.76. The second kappa shape index (κ2) is 9.57. The Balaban J connectivity index is 0.000000185. The van der Waals surface area contributed by atoms with Crippen LogP contribution in [-0.4, -0.2) is 32.7 Å². The Labute approximate surface area is 143 Å². The Hall–Kier alpha value is -2.53. The molecule has 0 saturated carbocycles. The lowest BCUT2D eigenvalue weighted by Gasteiger charge is -2.29. The fourth-order valence-electron chi connectivity index (χ4n) is 2.48. The van der Waals surface area contributed by atoms with Gasteiger partial charge in [0.05, 0.1) is 0 Å². The van der Waals surface area contributed by atoms with E-state index in [0.717, 1.165) is 37.4 Å². The van der Waals surface area contributed by atoms with E-state index in [-0.39, 0.29) is 0 Å². The number of carbonyl (C=O) groups is 1. The predicted molar refractivity (Wildman–Crippen MR) is 98.0 cm³/mol. The van der Waals surface area contributed by atoms with Gasteiger partial charge in [0.15, 0.2) is 0 Å². The van der Waals surface area contributed by atoms with Crippen molar-refractivity contribution in [1.29, 1.82) is 0 Å². The maximum atomic E-state index is 9.76. The molecule has 3 rings (SSSR count). The Morgan fingerprint density at radius 2 is 1.88 bits per heavy atom. The van der Waals surface area contributed by atoms with Gasteiger partial charge in [0.25, 0.3) is 6.47 Å². The van der Waals surface area contributed by atoms with Gasteiger partial charge >= 0.3 is 0 Å². The summed E-state index contributed by atoms with van der Waals surface area (Å²) in [7, 11) is 0.